The Kier molecular flexibility index (Phi) is 6.89. The number of amides is 3. The van der Waals surface area contributed by atoms with E-state index in [9.17, 15) is 19.5 Å². The number of carbonyl (C=O) groups is 3. The molecule has 190 valence electrons. The molecule has 1 spiro atoms. The Balaban J connectivity index is 1.40. The Morgan fingerprint density at radius 2 is 1.75 bits per heavy atom. The van der Waals surface area contributed by atoms with Crippen molar-refractivity contribution >= 4 is 52.5 Å². The van der Waals surface area contributed by atoms with Crippen LogP contribution in [0.2, 0.25) is 5.02 Å². The fraction of sp³-hybridized carbons (Fsp3) is 0.423. The maximum absolute atomic E-state index is 13.7. The van der Waals surface area contributed by atoms with Crippen molar-refractivity contribution in [3.8, 4) is 5.75 Å². The maximum atomic E-state index is 13.7. The van der Waals surface area contributed by atoms with Crippen LogP contribution in [-0.2, 0) is 14.4 Å². The average Bonchev–Trinajstić information content (AvgIpc) is 3.50. The molecule has 3 aliphatic rings. The molecule has 3 amide bonds. The molecule has 3 fully saturated rings. The molecule has 3 heterocycles. The van der Waals surface area contributed by atoms with Crippen molar-refractivity contribution in [3.63, 3.8) is 0 Å². The molecule has 5 rings (SSSR count). The molecule has 0 aromatic heterocycles. The van der Waals surface area contributed by atoms with Gasteiger partial charge in [0.2, 0.25) is 17.7 Å². The van der Waals surface area contributed by atoms with E-state index in [4.69, 9.17) is 16.3 Å². The smallest absolute Gasteiger partial charge is 0.248 e. The van der Waals surface area contributed by atoms with Gasteiger partial charge in [0, 0.05) is 28.2 Å². The maximum Gasteiger partial charge on any atom is 0.248 e. The molecular formula is C26H28ClN3O5S. The number of ether oxygens (including phenoxy) is 1. The van der Waals surface area contributed by atoms with E-state index in [2.05, 4.69) is 10.6 Å². The van der Waals surface area contributed by atoms with Gasteiger partial charge in [0.05, 0.1) is 29.8 Å². The molecule has 0 radical (unpaired) electrons. The highest BCUT2D eigenvalue weighted by molar-refractivity contribution is 8.02. The molecule has 3 saturated heterocycles. The molecule has 5 atom stereocenters. The van der Waals surface area contributed by atoms with Gasteiger partial charge in [-0.05, 0) is 68.3 Å². The number of benzene rings is 2. The summed E-state index contributed by atoms with van der Waals surface area (Å²) >= 11 is 7.55. The van der Waals surface area contributed by atoms with Gasteiger partial charge in [-0.1, -0.05) is 11.6 Å². The van der Waals surface area contributed by atoms with E-state index in [0.717, 1.165) is 6.42 Å². The highest BCUT2D eigenvalue weighted by atomic mass is 35.5. The van der Waals surface area contributed by atoms with Crippen molar-refractivity contribution in [3.05, 3.63) is 53.6 Å². The van der Waals surface area contributed by atoms with Crippen molar-refractivity contribution in [1.82, 2.24) is 4.90 Å². The number of fused-ring (bicyclic) bond motifs is 1. The fourth-order valence-electron chi connectivity index (χ4n) is 5.87. The lowest BCUT2D eigenvalue weighted by atomic mass is 9.70. The van der Waals surface area contributed by atoms with Crippen LogP contribution in [0, 0.1) is 11.8 Å². The van der Waals surface area contributed by atoms with Crippen LogP contribution >= 0.6 is 23.4 Å². The summed E-state index contributed by atoms with van der Waals surface area (Å²) < 4.78 is 4.75. The third-order valence-electron chi connectivity index (χ3n) is 7.24. The zero-order valence-electron chi connectivity index (χ0n) is 19.8. The second-order valence-electron chi connectivity index (χ2n) is 9.25. The predicted octanol–water partition coefficient (Wildman–Crippen LogP) is 3.40. The number of aliphatic hydroxyl groups excluding tert-OH is 1. The molecule has 0 aliphatic carbocycles. The van der Waals surface area contributed by atoms with E-state index in [1.54, 1.807) is 60.3 Å². The summed E-state index contributed by atoms with van der Waals surface area (Å²) in [6, 6.07) is 13.1. The van der Waals surface area contributed by atoms with Gasteiger partial charge in [-0.15, -0.1) is 11.8 Å². The van der Waals surface area contributed by atoms with Crippen LogP contribution in [-0.4, -0.2) is 63.5 Å². The van der Waals surface area contributed by atoms with E-state index in [0.29, 0.717) is 35.2 Å². The number of nitrogens with one attached hydrogen (secondary N) is 2. The molecule has 2 aromatic carbocycles. The molecular weight excluding hydrogens is 502 g/mol. The number of nitrogens with zero attached hydrogens (tertiary/aromatic N) is 1. The summed E-state index contributed by atoms with van der Waals surface area (Å²) in [5, 5.41) is 16.1. The van der Waals surface area contributed by atoms with Gasteiger partial charge < -0.3 is 25.4 Å². The lowest BCUT2D eigenvalue weighted by Crippen LogP contribution is -2.52. The number of aliphatic hydroxyl groups is 1. The summed E-state index contributed by atoms with van der Waals surface area (Å²) in [5.74, 6) is -1.26. The van der Waals surface area contributed by atoms with Gasteiger partial charge in [0.25, 0.3) is 0 Å². The summed E-state index contributed by atoms with van der Waals surface area (Å²) in [6.45, 7) is 2.22. The minimum absolute atomic E-state index is 0.0360. The average molecular weight is 530 g/mol. The van der Waals surface area contributed by atoms with Gasteiger partial charge in [-0.3, -0.25) is 14.4 Å². The van der Waals surface area contributed by atoms with Crippen LogP contribution in [0.15, 0.2) is 48.5 Å². The van der Waals surface area contributed by atoms with Crippen molar-refractivity contribution < 1.29 is 24.2 Å². The first-order valence-electron chi connectivity index (χ1n) is 12.1. The SMILES string of the molecule is CCOc1ccc(NC(=O)[C@@H]2[C@@H]3CCC4(S3)C(C(=O)Nc3ccc(Cl)cc3)N(CCO)C(=O)[C@H]24)cc1. The van der Waals surface area contributed by atoms with Crippen LogP contribution in [0.25, 0.3) is 0 Å². The number of likely N-dealkylation sites (tertiary alicyclic amines) is 1. The lowest BCUT2D eigenvalue weighted by Gasteiger charge is -2.34. The Morgan fingerprint density at radius 3 is 2.39 bits per heavy atom. The van der Waals surface area contributed by atoms with Gasteiger partial charge in [0.15, 0.2) is 0 Å². The van der Waals surface area contributed by atoms with Crippen LogP contribution in [0.4, 0.5) is 11.4 Å². The number of hydrogen-bond acceptors (Lipinski definition) is 6. The summed E-state index contributed by atoms with van der Waals surface area (Å²) in [6.07, 6.45) is 1.40. The van der Waals surface area contributed by atoms with E-state index in [1.807, 2.05) is 6.92 Å². The molecule has 10 heteroatoms. The van der Waals surface area contributed by atoms with E-state index in [1.165, 1.54) is 4.90 Å². The topological polar surface area (TPSA) is 108 Å². The summed E-state index contributed by atoms with van der Waals surface area (Å²) in [5.41, 5.74) is 1.20. The molecule has 36 heavy (non-hydrogen) atoms. The molecule has 2 unspecified atom stereocenters. The lowest BCUT2D eigenvalue weighted by molar-refractivity contribution is -0.138. The third-order valence-corrected chi connectivity index (χ3v) is 9.44. The first kappa shape index (κ1) is 24.9. The summed E-state index contributed by atoms with van der Waals surface area (Å²) in [4.78, 5) is 42.2. The number of hydrogen-bond donors (Lipinski definition) is 3. The van der Waals surface area contributed by atoms with Crippen molar-refractivity contribution in [1.29, 1.82) is 0 Å². The van der Waals surface area contributed by atoms with Gasteiger partial charge >= 0.3 is 0 Å². The van der Waals surface area contributed by atoms with E-state index in [-0.39, 0.29) is 36.1 Å². The fourth-order valence-corrected chi connectivity index (χ4v) is 8.22. The number of β-amino-alcohol motifs (C(OH)–C–C–N with tert-alkyl or cyclic N) is 1. The molecule has 3 aliphatic heterocycles. The zero-order valence-corrected chi connectivity index (χ0v) is 21.3. The first-order valence-corrected chi connectivity index (χ1v) is 13.3. The number of anilines is 2. The second-order valence-corrected chi connectivity index (χ2v) is 11.3. The number of rotatable bonds is 8. The Morgan fingerprint density at radius 1 is 1.11 bits per heavy atom. The first-order chi connectivity index (χ1) is 17.4. The van der Waals surface area contributed by atoms with E-state index < -0.39 is 22.6 Å². The Hall–Kier alpha value is -2.75. The Bertz CT molecular complexity index is 1160. The van der Waals surface area contributed by atoms with Crippen LogP contribution in [0.1, 0.15) is 19.8 Å². The van der Waals surface area contributed by atoms with Crippen LogP contribution in [0.3, 0.4) is 0 Å². The van der Waals surface area contributed by atoms with Crippen molar-refractivity contribution in [2.75, 3.05) is 30.4 Å². The molecule has 0 saturated carbocycles. The highest BCUT2D eigenvalue weighted by Crippen LogP contribution is 2.66. The normalized spacial score (nSPS) is 28.2. The number of carbonyl (C=O) groups excluding carboxylic acids is 3. The number of thioether (sulfide) groups is 1. The van der Waals surface area contributed by atoms with Gasteiger partial charge in [-0.25, -0.2) is 0 Å². The van der Waals surface area contributed by atoms with Gasteiger partial charge in [-0.2, -0.15) is 0 Å². The van der Waals surface area contributed by atoms with Crippen molar-refractivity contribution in [2.24, 2.45) is 11.8 Å². The second kappa shape index (κ2) is 9.95. The largest absolute Gasteiger partial charge is 0.494 e. The molecule has 2 bridgehead atoms. The van der Waals surface area contributed by atoms with Crippen LogP contribution in [0.5, 0.6) is 5.75 Å². The quantitative estimate of drug-likeness (QED) is 0.484. The minimum atomic E-state index is -0.781. The molecule has 3 N–H and O–H groups in total. The predicted molar refractivity (Wildman–Crippen MR) is 139 cm³/mol. The van der Waals surface area contributed by atoms with Crippen LogP contribution < -0.4 is 15.4 Å². The number of halogens is 1. The monoisotopic (exact) mass is 529 g/mol. The van der Waals surface area contributed by atoms with Crippen molar-refractivity contribution in [2.45, 2.75) is 35.8 Å². The summed E-state index contributed by atoms with van der Waals surface area (Å²) in [7, 11) is 0. The standard InChI is InChI=1S/C26H28ClN3O5S/c1-2-35-18-9-7-17(8-10-18)28-23(32)20-19-11-12-26(36-19)21(20)25(34)30(13-14-31)22(26)24(33)29-16-5-3-15(27)4-6-16/h3-10,19-22,31H,2,11-14H2,1H3,(H,28,32)(H,29,33)/t19-,20+,21-,22?,26?/m0/s1. The highest BCUT2D eigenvalue weighted by Gasteiger charge is 2.73. The minimum Gasteiger partial charge on any atom is -0.494 e. The zero-order chi connectivity index (χ0) is 25.4. The molecule has 2 aromatic rings. The van der Waals surface area contributed by atoms with E-state index >= 15 is 0 Å². The molecule has 8 nitrogen and oxygen atoms in total. The van der Waals surface area contributed by atoms with Gasteiger partial charge in [0.1, 0.15) is 11.8 Å². The third kappa shape index (κ3) is 4.23. The Labute approximate surface area is 218 Å².